The number of hydrogen-bond donors (Lipinski definition) is 2. The molecule has 4 heteroatoms. The quantitative estimate of drug-likeness (QED) is 0.757. The first-order valence-corrected chi connectivity index (χ1v) is 8.38. The van der Waals surface area contributed by atoms with Crippen molar-refractivity contribution in [3.05, 3.63) is 48.0 Å². The predicted molar refractivity (Wildman–Crippen MR) is 101 cm³/mol. The van der Waals surface area contributed by atoms with E-state index in [1.807, 2.05) is 12.1 Å². The lowest BCUT2D eigenvalue weighted by atomic mass is 9.85. The predicted octanol–water partition coefficient (Wildman–Crippen LogP) is 5.18. The largest absolute Gasteiger partial charge is 0.508 e. The average molecular weight is 325 g/mol. The van der Waals surface area contributed by atoms with E-state index in [0.29, 0.717) is 0 Å². The van der Waals surface area contributed by atoms with E-state index in [9.17, 15) is 5.11 Å². The van der Waals surface area contributed by atoms with Gasteiger partial charge >= 0.3 is 0 Å². The van der Waals surface area contributed by atoms with E-state index in [2.05, 4.69) is 75.3 Å². The zero-order valence-corrected chi connectivity index (χ0v) is 15.4. The van der Waals surface area contributed by atoms with Crippen molar-refractivity contribution in [1.29, 1.82) is 0 Å². The fourth-order valence-corrected chi connectivity index (χ4v) is 3.04. The summed E-state index contributed by atoms with van der Waals surface area (Å²) in [6.07, 6.45) is 0. The summed E-state index contributed by atoms with van der Waals surface area (Å²) in [5, 5.41) is 14.0. The van der Waals surface area contributed by atoms with Crippen LogP contribution in [0.25, 0.3) is 0 Å². The minimum atomic E-state index is -0.119. The van der Waals surface area contributed by atoms with Gasteiger partial charge in [0.05, 0.1) is 22.6 Å². The molecule has 128 valence electrons. The summed E-state index contributed by atoms with van der Waals surface area (Å²) >= 11 is 0. The van der Waals surface area contributed by atoms with E-state index >= 15 is 0 Å². The van der Waals surface area contributed by atoms with Gasteiger partial charge in [0.15, 0.2) is 0 Å². The number of benzene rings is 2. The van der Waals surface area contributed by atoms with Gasteiger partial charge in [0, 0.05) is 0 Å². The van der Waals surface area contributed by atoms with E-state index in [-0.39, 0.29) is 16.7 Å². The third-order valence-corrected chi connectivity index (χ3v) is 4.23. The smallest absolute Gasteiger partial charge is 0.115 e. The Kier molecular flexibility index (Phi) is 3.76. The third-order valence-electron chi connectivity index (χ3n) is 4.23. The highest BCUT2D eigenvalue weighted by Crippen LogP contribution is 2.46. The van der Waals surface area contributed by atoms with E-state index in [4.69, 9.17) is 0 Å². The second kappa shape index (κ2) is 5.42. The van der Waals surface area contributed by atoms with Crippen LogP contribution in [0.3, 0.4) is 0 Å². The Labute approximate surface area is 144 Å². The molecule has 2 N–H and O–H groups in total. The summed E-state index contributed by atoms with van der Waals surface area (Å²) in [7, 11) is 0. The summed E-state index contributed by atoms with van der Waals surface area (Å²) in [5.41, 5.74) is 8.11. The molecule has 1 heterocycles. The van der Waals surface area contributed by atoms with Gasteiger partial charge in [-0.3, -0.25) is 10.4 Å². The van der Waals surface area contributed by atoms with Crippen LogP contribution in [0.1, 0.15) is 47.1 Å². The van der Waals surface area contributed by atoms with Crippen LogP contribution in [0.2, 0.25) is 0 Å². The molecule has 3 rings (SSSR count). The molecule has 0 bridgehead atoms. The fourth-order valence-electron chi connectivity index (χ4n) is 3.04. The average Bonchev–Trinajstić information content (AvgIpc) is 2.86. The molecule has 24 heavy (non-hydrogen) atoms. The SMILES string of the molecule is CC(C)(C)c1cccc2c1NN(C(C)(C)C)N2c1ccc(O)cc1. The van der Waals surface area contributed by atoms with Crippen molar-refractivity contribution >= 4 is 17.1 Å². The Morgan fingerprint density at radius 1 is 0.875 bits per heavy atom. The van der Waals surface area contributed by atoms with Gasteiger partial charge < -0.3 is 5.11 Å². The molecule has 1 aliphatic heterocycles. The van der Waals surface area contributed by atoms with Gasteiger partial charge in [-0.1, -0.05) is 32.9 Å². The Morgan fingerprint density at radius 2 is 1.50 bits per heavy atom. The zero-order chi connectivity index (χ0) is 17.7. The topological polar surface area (TPSA) is 38.7 Å². The fraction of sp³-hybridized carbons (Fsp3) is 0.400. The van der Waals surface area contributed by atoms with Gasteiger partial charge in [-0.25, -0.2) is 0 Å². The Bertz CT molecular complexity index is 739. The lowest BCUT2D eigenvalue weighted by Crippen LogP contribution is -2.50. The molecule has 0 radical (unpaired) electrons. The summed E-state index contributed by atoms with van der Waals surface area (Å²) < 4.78 is 0. The summed E-state index contributed by atoms with van der Waals surface area (Å²) in [6, 6.07) is 13.8. The first-order valence-electron chi connectivity index (χ1n) is 8.38. The van der Waals surface area contributed by atoms with Crippen LogP contribution in [0.15, 0.2) is 42.5 Å². The second-order valence-corrected chi connectivity index (χ2v) is 8.37. The molecular weight excluding hydrogens is 298 g/mol. The number of nitrogens with one attached hydrogen (secondary N) is 1. The van der Waals surface area contributed by atoms with Gasteiger partial charge in [0.25, 0.3) is 0 Å². The van der Waals surface area contributed by atoms with Gasteiger partial charge in [0.1, 0.15) is 5.75 Å². The molecule has 0 saturated carbocycles. The van der Waals surface area contributed by atoms with Gasteiger partial charge in [0.2, 0.25) is 0 Å². The van der Waals surface area contributed by atoms with Gasteiger partial charge in [-0.15, -0.1) is 5.12 Å². The summed E-state index contributed by atoms with van der Waals surface area (Å²) in [6.45, 7) is 13.2. The highest BCUT2D eigenvalue weighted by Gasteiger charge is 2.38. The second-order valence-electron chi connectivity index (χ2n) is 8.37. The third kappa shape index (κ3) is 2.82. The van der Waals surface area contributed by atoms with Crippen LogP contribution in [0, 0.1) is 0 Å². The van der Waals surface area contributed by atoms with E-state index < -0.39 is 0 Å². The van der Waals surface area contributed by atoms with Crippen LogP contribution < -0.4 is 10.4 Å². The van der Waals surface area contributed by atoms with Gasteiger partial charge in [-0.05, 0) is 62.1 Å². The van der Waals surface area contributed by atoms with Crippen molar-refractivity contribution in [2.24, 2.45) is 0 Å². The maximum absolute atomic E-state index is 9.62. The van der Waals surface area contributed by atoms with Crippen LogP contribution in [0.4, 0.5) is 17.1 Å². The minimum absolute atomic E-state index is 0.0485. The number of para-hydroxylation sites is 1. The monoisotopic (exact) mass is 325 g/mol. The maximum atomic E-state index is 9.62. The Hall–Kier alpha value is -2.20. The molecule has 0 fully saturated rings. The number of rotatable bonds is 1. The number of anilines is 3. The highest BCUT2D eigenvalue weighted by atomic mass is 16.3. The molecule has 2 aromatic carbocycles. The standard InChI is InChI=1S/C20H27N3O/c1-19(2,3)16-8-7-9-17-18(16)21-23(20(4,5)6)22(17)14-10-12-15(24)13-11-14/h7-13,21,24H,1-6H3. The van der Waals surface area contributed by atoms with Crippen molar-refractivity contribution in [2.45, 2.75) is 52.5 Å². The van der Waals surface area contributed by atoms with E-state index in [1.165, 1.54) is 5.56 Å². The molecule has 0 aromatic heterocycles. The molecule has 0 spiro atoms. The van der Waals surface area contributed by atoms with Crippen molar-refractivity contribution in [1.82, 2.24) is 5.12 Å². The summed E-state index contributed by atoms with van der Waals surface area (Å²) in [5.74, 6) is 0.275. The molecular formula is C20H27N3O. The van der Waals surface area contributed by atoms with Crippen LogP contribution >= 0.6 is 0 Å². The zero-order valence-electron chi connectivity index (χ0n) is 15.4. The minimum Gasteiger partial charge on any atom is -0.508 e. The van der Waals surface area contributed by atoms with Crippen molar-refractivity contribution in [2.75, 3.05) is 10.4 Å². The number of phenols is 1. The molecule has 0 saturated heterocycles. The molecule has 1 aliphatic rings. The number of fused-ring (bicyclic) bond motifs is 1. The van der Waals surface area contributed by atoms with E-state index in [0.717, 1.165) is 17.1 Å². The number of phenolic OH excluding ortho intramolecular Hbond substituents is 1. The molecule has 0 atom stereocenters. The lowest BCUT2D eigenvalue weighted by molar-refractivity contribution is 0.185. The molecule has 0 unspecified atom stereocenters. The number of hydrazine groups is 2. The maximum Gasteiger partial charge on any atom is 0.115 e. The van der Waals surface area contributed by atoms with Crippen LogP contribution in [0.5, 0.6) is 5.75 Å². The molecule has 2 aromatic rings. The lowest BCUT2D eigenvalue weighted by Gasteiger charge is -2.39. The van der Waals surface area contributed by atoms with Crippen LogP contribution in [-0.4, -0.2) is 15.8 Å². The number of aromatic hydroxyl groups is 1. The number of nitrogens with zero attached hydrogens (tertiary/aromatic N) is 2. The molecule has 4 nitrogen and oxygen atoms in total. The molecule has 0 amide bonds. The first-order chi connectivity index (χ1) is 11.1. The van der Waals surface area contributed by atoms with Crippen molar-refractivity contribution < 1.29 is 5.11 Å². The summed E-state index contributed by atoms with van der Waals surface area (Å²) in [4.78, 5) is 0. The first kappa shape index (κ1) is 16.7. The Balaban J connectivity index is 2.18. The van der Waals surface area contributed by atoms with Crippen molar-refractivity contribution in [3.63, 3.8) is 0 Å². The molecule has 0 aliphatic carbocycles. The van der Waals surface area contributed by atoms with Crippen molar-refractivity contribution in [3.8, 4) is 5.75 Å². The van der Waals surface area contributed by atoms with Crippen LogP contribution in [-0.2, 0) is 5.41 Å². The number of hydrogen-bond acceptors (Lipinski definition) is 4. The van der Waals surface area contributed by atoms with Gasteiger partial charge in [-0.2, -0.15) is 0 Å². The highest BCUT2D eigenvalue weighted by molar-refractivity contribution is 5.83. The Morgan fingerprint density at radius 3 is 2.04 bits per heavy atom. The normalized spacial score (nSPS) is 15.3. The van der Waals surface area contributed by atoms with E-state index in [1.54, 1.807) is 12.1 Å².